The van der Waals surface area contributed by atoms with Crippen molar-refractivity contribution in [2.24, 2.45) is 0 Å². The molecule has 98 valence electrons. The number of benzene rings is 2. The van der Waals surface area contributed by atoms with Crippen molar-refractivity contribution in [1.29, 1.82) is 0 Å². The average molecular weight is 365 g/mol. The molecule has 0 aliphatic carbocycles. The third-order valence-electron chi connectivity index (χ3n) is 3.00. The van der Waals surface area contributed by atoms with E-state index in [-0.39, 0.29) is 5.91 Å². The van der Waals surface area contributed by atoms with Gasteiger partial charge in [0.05, 0.1) is 5.56 Å². The van der Waals surface area contributed by atoms with Crippen molar-refractivity contribution in [3.8, 4) is 0 Å². The Kier molecular flexibility index (Phi) is 4.24. The van der Waals surface area contributed by atoms with E-state index in [2.05, 4.69) is 28.7 Å². The molecular weight excluding hydrogens is 349 g/mol. The molecule has 2 aromatic carbocycles. The highest BCUT2D eigenvalue weighted by atomic mass is 127. The van der Waals surface area contributed by atoms with E-state index in [1.165, 1.54) is 0 Å². The largest absolute Gasteiger partial charge is 0.311 e. The van der Waals surface area contributed by atoms with Crippen LogP contribution in [0.2, 0.25) is 0 Å². The maximum Gasteiger partial charge on any atom is 0.259 e. The Balaban J connectivity index is 2.36. The summed E-state index contributed by atoms with van der Waals surface area (Å²) in [4.78, 5) is 14.2. The summed E-state index contributed by atoms with van der Waals surface area (Å²) in [6.45, 7) is 4.09. The van der Waals surface area contributed by atoms with E-state index >= 15 is 0 Å². The van der Waals surface area contributed by atoms with Crippen molar-refractivity contribution in [2.75, 3.05) is 11.9 Å². The second-order valence-electron chi connectivity index (χ2n) is 4.69. The maximum atomic E-state index is 12.5. The molecule has 2 rings (SSSR count). The number of carbonyl (C=O) groups is 1. The van der Waals surface area contributed by atoms with Gasteiger partial charge in [-0.1, -0.05) is 18.2 Å². The molecule has 19 heavy (non-hydrogen) atoms. The highest BCUT2D eigenvalue weighted by molar-refractivity contribution is 14.1. The molecule has 0 heterocycles. The maximum absolute atomic E-state index is 12.5. The lowest BCUT2D eigenvalue weighted by atomic mass is 10.1. The minimum Gasteiger partial charge on any atom is -0.311 e. The van der Waals surface area contributed by atoms with Crippen LogP contribution in [0.1, 0.15) is 21.5 Å². The summed E-state index contributed by atoms with van der Waals surface area (Å²) in [6.07, 6.45) is 0. The Morgan fingerprint density at radius 3 is 2.21 bits per heavy atom. The van der Waals surface area contributed by atoms with E-state index in [0.29, 0.717) is 0 Å². The van der Waals surface area contributed by atoms with Crippen LogP contribution in [0.3, 0.4) is 0 Å². The van der Waals surface area contributed by atoms with Crippen LogP contribution in [0.5, 0.6) is 0 Å². The SMILES string of the molecule is Cc1cc(C)cc(N(C)C(=O)c2ccccc2I)c1. The number of anilines is 1. The molecule has 0 saturated carbocycles. The zero-order valence-electron chi connectivity index (χ0n) is 11.3. The fraction of sp³-hybridized carbons (Fsp3) is 0.188. The van der Waals surface area contributed by atoms with E-state index < -0.39 is 0 Å². The average Bonchev–Trinajstić information content (AvgIpc) is 2.36. The summed E-state index contributed by atoms with van der Waals surface area (Å²) >= 11 is 2.19. The molecule has 0 fully saturated rings. The van der Waals surface area contributed by atoms with Gasteiger partial charge in [-0.3, -0.25) is 4.79 Å². The summed E-state index contributed by atoms with van der Waals surface area (Å²) in [5.41, 5.74) is 4.00. The fourth-order valence-electron chi connectivity index (χ4n) is 2.08. The first-order chi connectivity index (χ1) is 8.99. The highest BCUT2D eigenvalue weighted by Gasteiger charge is 2.16. The van der Waals surface area contributed by atoms with Gasteiger partial charge in [0.15, 0.2) is 0 Å². The molecule has 2 nitrogen and oxygen atoms in total. The Morgan fingerprint density at radius 2 is 1.63 bits per heavy atom. The van der Waals surface area contributed by atoms with Crippen LogP contribution < -0.4 is 4.90 Å². The smallest absolute Gasteiger partial charge is 0.259 e. The first-order valence-electron chi connectivity index (χ1n) is 6.10. The van der Waals surface area contributed by atoms with E-state index in [1.807, 2.05) is 57.3 Å². The van der Waals surface area contributed by atoms with Gasteiger partial charge >= 0.3 is 0 Å². The number of nitrogens with zero attached hydrogens (tertiary/aromatic N) is 1. The molecular formula is C16H16INO. The van der Waals surface area contributed by atoms with Crippen molar-refractivity contribution in [1.82, 2.24) is 0 Å². The zero-order valence-corrected chi connectivity index (χ0v) is 13.4. The molecule has 0 aliphatic rings. The van der Waals surface area contributed by atoms with Gasteiger partial charge in [-0.05, 0) is 71.8 Å². The van der Waals surface area contributed by atoms with Gasteiger partial charge in [-0.2, -0.15) is 0 Å². The number of amides is 1. The third-order valence-corrected chi connectivity index (χ3v) is 3.94. The van der Waals surface area contributed by atoms with Gasteiger partial charge in [0.1, 0.15) is 0 Å². The van der Waals surface area contributed by atoms with Crippen LogP contribution in [0.4, 0.5) is 5.69 Å². The fourth-order valence-corrected chi connectivity index (χ4v) is 2.69. The molecule has 0 aliphatic heterocycles. The van der Waals surface area contributed by atoms with Crippen LogP contribution in [-0.4, -0.2) is 13.0 Å². The molecule has 3 heteroatoms. The number of halogens is 1. The van der Waals surface area contributed by atoms with Crippen LogP contribution in [-0.2, 0) is 0 Å². The molecule has 0 saturated heterocycles. The number of hydrogen-bond acceptors (Lipinski definition) is 1. The number of carbonyl (C=O) groups excluding carboxylic acids is 1. The summed E-state index contributed by atoms with van der Waals surface area (Å²) in [5.74, 6) is 0.0231. The van der Waals surface area contributed by atoms with Crippen molar-refractivity contribution >= 4 is 34.2 Å². The molecule has 0 N–H and O–H groups in total. The summed E-state index contributed by atoms with van der Waals surface area (Å²) < 4.78 is 0.973. The monoisotopic (exact) mass is 365 g/mol. The Labute approximate surface area is 127 Å². The number of hydrogen-bond donors (Lipinski definition) is 0. The third kappa shape index (κ3) is 3.15. The second kappa shape index (κ2) is 5.74. The number of rotatable bonds is 2. The lowest BCUT2D eigenvalue weighted by Gasteiger charge is -2.19. The van der Waals surface area contributed by atoms with Gasteiger partial charge in [0.25, 0.3) is 5.91 Å². The standard InChI is InChI=1S/C16H16INO/c1-11-8-12(2)10-13(9-11)18(3)16(19)14-6-4-5-7-15(14)17/h4-10H,1-3H3. The van der Waals surface area contributed by atoms with Crippen molar-refractivity contribution in [3.63, 3.8) is 0 Å². The predicted octanol–water partition coefficient (Wildman–Crippen LogP) is 4.18. The minimum atomic E-state index is 0.0231. The first kappa shape index (κ1) is 14.1. The van der Waals surface area contributed by atoms with Crippen molar-refractivity contribution in [2.45, 2.75) is 13.8 Å². The molecule has 2 aromatic rings. The Morgan fingerprint density at radius 1 is 1.05 bits per heavy atom. The van der Waals surface area contributed by atoms with Crippen molar-refractivity contribution < 1.29 is 4.79 Å². The van der Waals surface area contributed by atoms with Gasteiger partial charge < -0.3 is 4.90 Å². The normalized spacial score (nSPS) is 10.3. The van der Waals surface area contributed by atoms with Gasteiger partial charge in [-0.15, -0.1) is 0 Å². The molecule has 0 spiro atoms. The zero-order chi connectivity index (χ0) is 14.0. The highest BCUT2D eigenvalue weighted by Crippen LogP contribution is 2.21. The lowest BCUT2D eigenvalue weighted by molar-refractivity contribution is 0.0992. The van der Waals surface area contributed by atoms with Gasteiger partial charge in [-0.25, -0.2) is 0 Å². The molecule has 1 amide bonds. The van der Waals surface area contributed by atoms with E-state index in [9.17, 15) is 4.79 Å². The lowest BCUT2D eigenvalue weighted by Crippen LogP contribution is -2.27. The summed E-state index contributed by atoms with van der Waals surface area (Å²) in [6, 6.07) is 13.8. The topological polar surface area (TPSA) is 20.3 Å². The van der Waals surface area contributed by atoms with E-state index in [0.717, 1.165) is 25.9 Å². The Bertz CT molecular complexity index is 602. The molecule has 0 bridgehead atoms. The van der Waals surface area contributed by atoms with E-state index in [4.69, 9.17) is 0 Å². The second-order valence-corrected chi connectivity index (χ2v) is 5.85. The first-order valence-corrected chi connectivity index (χ1v) is 7.18. The quantitative estimate of drug-likeness (QED) is 0.731. The minimum absolute atomic E-state index is 0.0231. The van der Waals surface area contributed by atoms with Gasteiger partial charge in [0, 0.05) is 16.3 Å². The number of aryl methyl sites for hydroxylation is 2. The molecule has 0 atom stereocenters. The van der Waals surface area contributed by atoms with Crippen LogP contribution >= 0.6 is 22.6 Å². The van der Waals surface area contributed by atoms with E-state index in [1.54, 1.807) is 4.90 Å². The van der Waals surface area contributed by atoms with Crippen molar-refractivity contribution in [3.05, 3.63) is 62.7 Å². The molecule has 0 radical (unpaired) electrons. The summed E-state index contributed by atoms with van der Waals surface area (Å²) in [5, 5.41) is 0. The Hall–Kier alpha value is -1.36. The summed E-state index contributed by atoms with van der Waals surface area (Å²) in [7, 11) is 1.82. The predicted molar refractivity (Wildman–Crippen MR) is 87.8 cm³/mol. The van der Waals surface area contributed by atoms with Gasteiger partial charge in [0.2, 0.25) is 0 Å². The van der Waals surface area contributed by atoms with Crippen LogP contribution in [0, 0.1) is 17.4 Å². The molecule has 0 unspecified atom stereocenters. The van der Waals surface area contributed by atoms with Crippen LogP contribution in [0.15, 0.2) is 42.5 Å². The molecule has 0 aromatic heterocycles. The van der Waals surface area contributed by atoms with Crippen LogP contribution in [0.25, 0.3) is 0 Å².